The highest BCUT2D eigenvalue weighted by Crippen LogP contribution is 2.23. The first-order valence-electron chi connectivity index (χ1n) is 3.93. The Hall–Kier alpha value is -1.62. The molecule has 0 aliphatic rings. The number of nitrogens with one attached hydrogen (secondary N) is 1. The predicted octanol–water partition coefficient (Wildman–Crippen LogP) is 1.35. The van der Waals surface area contributed by atoms with Gasteiger partial charge in [-0.2, -0.15) is 0 Å². The van der Waals surface area contributed by atoms with Gasteiger partial charge in [0.1, 0.15) is 5.82 Å². The van der Waals surface area contributed by atoms with Crippen molar-refractivity contribution in [2.45, 2.75) is 6.04 Å². The fraction of sp³-hybridized carbons (Fsp3) is 0.111. The molecule has 0 spiro atoms. The summed E-state index contributed by atoms with van der Waals surface area (Å²) in [6, 6.07) is 2.01. The van der Waals surface area contributed by atoms with Crippen molar-refractivity contribution in [1.82, 2.24) is 5.32 Å². The third-order valence-electron chi connectivity index (χ3n) is 1.76. The van der Waals surface area contributed by atoms with Crippen LogP contribution < -0.4 is 5.32 Å². The molecule has 0 heterocycles. The molecule has 1 rings (SSSR count). The summed E-state index contributed by atoms with van der Waals surface area (Å²) in [5.74, 6) is -1.84. The Kier molecular flexibility index (Phi) is 3.62. The van der Waals surface area contributed by atoms with Gasteiger partial charge >= 0.3 is 5.97 Å². The van der Waals surface area contributed by atoms with Crippen LogP contribution in [0.25, 0.3) is 0 Å². The smallest absolute Gasteiger partial charge is 0.330 e. The number of hydrogen-bond acceptors (Lipinski definition) is 2. The van der Waals surface area contributed by atoms with Crippen LogP contribution in [-0.4, -0.2) is 17.5 Å². The van der Waals surface area contributed by atoms with E-state index in [2.05, 4.69) is 5.32 Å². The minimum Gasteiger partial charge on any atom is -0.479 e. The van der Waals surface area contributed by atoms with Crippen LogP contribution in [0.3, 0.4) is 0 Å². The molecule has 0 bridgehead atoms. The Morgan fingerprint density at radius 3 is 2.73 bits per heavy atom. The maximum absolute atomic E-state index is 12.7. The van der Waals surface area contributed by atoms with Gasteiger partial charge in [-0.05, 0) is 12.1 Å². The molecule has 0 aromatic heterocycles. The molecule has 0 saturated heterocycles. The fourth-order valence-corrected chi connectivity index (χ4v) is 1.37. The molecule has 0 radical (unpaired) electrons. The average molecular weight is 232 g/mol. The number of carboxylic acids is 1. The fourth-order valence-electron chi connectivity index (χ4n) is 1.10. The second kappa shape index (κ2) is 4.75. The Labute approximate surface area is 89.7 Å². The van der Waals surface area contributed by atoms with Crippen molar-refractivity contribution in [3.63, 3.8) is 0 Å². The monoisotopic (exact) mass is 231 g/mol. The van der Waals surface area contributed by atoms with E-state index in [0.717, 1.165) is 12.1 Å². The van der Waals surface area contributed by atoms with E-state index in [1.165, 1.54) is 6.07 Å². The minimum absolute atomic E-state index is 0.0447. The van der Waals surface area contributed by atoms with Crippen LogP contribution in [-0.2, 0) is 9.59 Å². The Balaban J connectivity index is 3.10. The van der Waals surface area contributed by atoms with Crippen LogP contribution in [0.4, 0.5) is 4.39 Å². The Morgan fingerprint density at radius 2 is 2.27 bits per heavy atom. The zero-order chi connectivity index (χ0) is 11.4. The van der Waals surface area contributed by atoms with Crippen molar-refractivity contribution in [2.75, 3.05) is 0 Å². The van der Waals surface area contributed by atoms with Crippen LogP contribution in [0.2, 0.25) is 5.02 Å². The molecule has 80 valence electrons. The number of rotatable bonds is 4. The average Bonchev–Trinajstić information content (AvgIpc) is 2.15. The minimum atomic E-state index is -1.27. The summed E-state index contributed by atoms with van der Waals surface area (Å²) in [4.78, 5) is 20.9. The summed E-state index contributed by atoms with van der Waals surface area (Å²) in [5.41, 5.74) is 0.137. The van der Waals surface area contributed by atoms with Crippen LogP contribution in [0.1, 0.15) is 11.6 Å². The molecule has 0 fully saturated rings. The molecule has 4 nitrogen and oxygen atoms in total. The molecule has 1 amide bonds. The third-order valence-corrected chi connectivity index (χ3v) is 2.08. The molecule has 0 aliphatic heterocycles. The molecule has 1 atom stereocenters. The zero-order valence-electron chi connectivity index (χ0n) is 7.41. The molecular weight excluding hydrogens is 225 g/mol. The molecule has 1 unspecified atom stereocenters. The second-order valence-electron chi connectivity index (χ2n) is 2.72. The Bertz CT molecular complexity index is 397. The summed E-state index contributed by atoms with van der Waals surface area (Å²) in [7, 11) is 0. The maximum Gasteiger partial charge on any atom is 0.330 e. The molecule has 0 saturated carbocycles. The largest absolute Gasteiger partial charge is 0.479 e. The van der Waals surface area contributed by atoms with Gasteiger partial charge in [-0.1, -0.05) is 17.7 Å². The van der Waals surface area contributed by atoms with E-state index in [0.29, 0.717) is 0 Å². The summed E-state index contributed by atoms with van der Waals surface area (Å²) in [6.45, 7) is 0. The number of carbonyl (C=O) groups is 2. The first kappa shape index (κ1) is 11.5. The van der Waals surface area contributed by atoms with Crippen molar-refractivity contribution in [3.05, 3.63) is 34.6 Å². The van der Waals surface area contributed by atoms with Crippen LogP contribution >= 0.6 is 11.6 Å². The zero-order valence-corrected chi connectivity index (χ0v) is 8.16. The predicted molar refractivity (Wildman–Crippen MR) is 51.0 cm³/mol. The van der Waals surface area contributed by atoms with Crippen LogP contribution in [0.15, 0.2) is 18.2 Å². The van der Waals surface area contributed by atoms with E-state index < -0.39 is 17.8 Å². The first-order chi connectivity index (χ1) is 7.06. The van der Waals surface area contributed by atoms with Gasteiger partial charge in [-0.3, -0.25) is 4.79 Å². The maximum atomic E-state index is 12.7. The van der Waals surface area contributed by atoms with Gasteiger partial charge in [-0.15, -0.1) is 0 Å². The van der Waals surface area contributed by atoms with Gasteiger partial charge in [0.05, 0.1) is 0 Å². The molecule has 6 heteroatoms. The lowest BCUT2D eigenvalue weighted by Crippen LogP contribution is -2.27. The lowest BCUT2D eigenvalue weighted by molar-refractivity contribution is -0.140. The third kappa shape index (κ3) is 2.66. The second-order valence-corrected chi connectivity index (χ2v) is 3.13. The quantitative estimate of drug-likeness (QED) is 0.769. The number of aliphatic carboxylic acids is 1. The van der Waals surface area contributed by atoms with Gasteiger partial charge in [0.25, 0.3) is 0 Å². The van der Waals surface area contributed by atoms with Gasteiger partial charge in [0.2, 0.25) is 6.41 Å². The number of halogens is 2. The van der Waals surface area contributed by atoms with Crippen molar-refractivity contribution in [2.24, 2.45) is 0 Å². The van der Waals surface area contributed by atoms with Crippen molar-refractivity contribution < 1.29 is 19.1 Å². The van der Waals surface area contributed by atoms with Crippen molar-refractivity contribution in [1.29, 1.82) is 0 Å². The highest BCUT2D eigenvalue weighted by Gasteiger charge is 2.21. The summed E-state index contributed by atoms with van der Waals surface area (Å²) >= 11 is 5.64. The SMILES string of the molecule is O=CNC(C(=O)O)c1ccc(F)cc1Cl. The molecule has 2 N–H and O–H groups in total. The van der Waals surface area contributed by atoms with Crippen molar-refractivity contribution in [3.8, 4) is 0 Å². The van der Waals surface area contributed by atoms with E-state index in [1.54, 1.807) is 0 Å². The van der Waals surface area contributed by atoms with Crippen LogP contribution in [0, 0.1) is 5.82 Å². The molecular formula is C9H7ClFNO3. The molecule has 0 aliphatic carbocycles. The van der Waals surface area contributed by atoms with Crippen LogP contribution in [0.5, 0.6) is 0 Å². The number of carboxylic acid groups (broad SMARTS) is 1. The van der Waals surface area contributed by atoms with E-state index >= 15 is 0 Å². The van der Waals surface area contributed by atoms with Gasteiger partial charge in [-0.25, -0.2) is 9.18 Å². The van der Waals surface area contributed by atoms with Crippen molar-refractivity contribution >= 4 is 24.0 Å². The number of amides is 1. The van der Waals surface area contributed by atoms with Gasteiger partial charge in [0.15, 0.2) is 6.04 Å². The molecule has 15 heavy (non-hydrogen) atoms. The van der Waals surface area contributed by atoms with Gasteiger partial charge in [0, 0.05) is 10.6 Å². The summed E-state index contributed by atoms with van der Waals surface area (Å²) in [6.07, 6.45) is 0.248. The lowest BCUT2D eigenvalue weighted by Gasteiger charge is -2.12. The van der Waals surface area contributed by atoms with E-state index in [1.807, 2.05) is 0 Å². The van der Waals surface area contributed by atoms with E-state index in [-0.39, 0.29) is 17.0 Å². The molecule has 1 aromatic rings. The summed E-state index contributed by atoms with van der Waals surface area (Å²) in [5, 5.41) is 10.8. The standard InChI is InChI=1S/C9H7ClFNO3/c10-7-3-5(11)1-2-6(7)8(9(14)15)12-4-13/h1-4,8H,(H,12,13)(H,14,15). The Morgan fingerprint density at radius 1 is 1.60 bits per heavy atom. The lowest BCUT2D eigenvalue weighted by atomic mass is 10.1. The summed E-state index contributed by atoms with van der Waals surface area (Å²) < 4.78 is 12.7. The number of benzene rings is 1. The van der Waals surface area contributed by atoms with Gasteiger partial charge < -0.3 is 10.4 Å². The van der Waals surface area contributed by atoms with E-state index in [9.17, 15) is 14.0 Å². The first-order valence-corrected chi connectivity index (χ1v) is 4.31. The topological polar surface area (TPSA) is 66.4 Å². The molecule has 1 aromatic carbocycles. The number of hydrogen-bond donors (Lipinski definition) is 2. The normalized spacial score (nSPS) is 11.9. The number of carbonyl (C=O) groups excluding carboxylic acids is 1. The van der Waals surface area contributed by atoms with E-state index in [4.69, 9.17) is 16.7 Å². The highest BCUT2D eigenvalue weighted by molar-refractivity contribution is 6.31. The highest BCUT2D eigenvalue weighted by atomic mass is 35.5.